The fraction of sp³-hybridized carbons (Fsp3) is 0.353. The van der Waals surface area contributed by atoms with E-state index >= 15 is 0 Å². The Balaban J connectivity index is 1.63. The summed E-state index contributed by atoms with van der Waals surface area (Å²) in [6.07, 6.45) is 2.00. The molecule has 0 spiro atoms. The van der Waals surface area contributed by atoms with Crippen molar-refractivity contribution in [3.63, 3.8) is 0 Å². The van der Waals surface area contributed by atoms with Gasteiger partial charge in [-0.1, -0.05) is 31.2 Å². The lowest BCUT2D eigenvalue weighted by atomic mass is 9.94. The fourth-order valence-electron chi connectivity index (χ4n) is 2.81. The summed E-state index contributed by atoms with van der Waals surface area (Å²) in [4.78, 5) is 4.33. The number of aromatic nitrogens is 1. The van der Waals surface area contributed by atoms with Gasteiger partial charge in [0.05, 0.1) is 5.69 Å². The summed E-state index contributed by atoms with van der Waals surface area (Å²) in [5, 5.41) is 3.52. The van der Waals surface area contributed by atoms with Gasteiger partial charge in [-0.25, -0.2) is 0 Å². The first kappa shape index (κ1) is 13.1. The van der Waals surface area contributed by atoms with Crippen molar-refractivity contribution in [3.8, 4) is 5.75 Å². The van der Waals surface area contributed by atoms with Gasteiger partial charge >= 0.3 is 0 Å². The number of benzene rings is 1. The second kappa shape index (κ2) is 5.63. The Bertz CT molecular complexity index is 570. The molecule has 0 radical (unpaired) electrons. The van der Waals surface area contributed by atoms with Crippen molar-refractivity contribution < 1.29 is 4.74 Å². The van der Waals surface area contributed by atoms with Gasteiger partial charge in [-0.05, 0) is 25.1 Å². The lowest BCUT2D eigenvalue weighted by molar-refractivity contribution is 0.165. The van der Waals surface area contributed by atoms with Gasteiger partial charge in [0.15, 0.2) is 0 Å². The SMILES string of the molecule is CC(NCc1ccccn1)C1Oc2ccccc2C1C. The minimum Gasteiger partial charge on any atom is -0.488 e. The summed E-state index contributed by atoms with van der Waals surface area (Å²) >= 11 is 0. The summed E-state index contributed by atoms with van der Waals surface area (Å²) < 4.78 is 6.09. The fourth-order valence-corrected chi connectivity index (χ4v) is 2.81. The van der Waals surface area contributed by atoms with E-state index in [0.717, 1.165) is 18.0 Å². The Morgan fingerprint density at radius 2 is 2.00 bits per heavy atom. The van der Waals surface area contributed by atoms with E-state index in [2.05, 4.69) is 42.3 Å². The number of ether oxygens (including phenoxy) is 1. The highest BCUT2D eigenvalue weighted by Gasteiger charge is 2.34. The highest BCUT2D eigenvalue weighted by Crippen LogP contribution is 2.38. The Morgan fingerprint density at radius 3 is 2.75 bits per heavy atom. The van der Waals surface area contributed by atoms with Crippen molar-refractivity contribution in [3.05, 3.63) is 59.9 Å². The normalized spacial score (nSPS) is 22.1. The molecule has 2 aromatic rings. The third-order valence-electron chi connectivity index (χ3n) is 3.99. The molecule has 3 rings (SSSR count). The highest BCUT2D eigenvalue weighted by molar-refractivity contribution is 5.40. The van der Waals surface area contributed by atoms with E-state index in [9.17, 15) is 0 Å². The summed E-state index contributed by atoms with van der Waals surface area (Å²) in [6.45, 7) is 5.18. The molecule has 2 heterocycles. The molecule has 0 fully saturated rings. The largest absolute Gasteiger partial charge is 0.488 e. The molecule has 3 heteroatoms. The monoisotopic (exact) mass is 268 g/mol. The van der Waals surface area contributed by atoms with Gasteiger partial charge < -0.3 is 10.1 Å². The number of hydrogen-bond donors (Lipinski definition) is 1. The van der Waals surface area contributed by atoms with Crippen molar-refractivity contribution in [2.45, 2.75) is 38.5 Å². The van der Waals surface area contributed by atoms with Crippen molar-refractivity contribution in [1.29, 1.82) is 0 Å². The number of rotatable bonds is 4. The van der Waals surface area contributed by atoms with Crippen LogP contribution < -0.4 is 10.1 Å². The second-order valence-electron chi connectivity index (χ2n) is 5.40. The molecular formula is C17H20N2O. The standard InChI is InChI=1S/C17H20N2O/c1-12-15-8-3-4-9-16(15)20-17(12)13(2)19-11-14-7-5-6-10-18-14/h3-10,12-13,17,19H,11H2,1-2H3. The molecule has 1 aromatic carbocycles. The smallest absolute Gasteiger partial charge is 0.123 e. The number of pyridine rings is 1. The van der Waals surface area contributed by atoms with Crippen LogP contribution in [0.5, 0.6) is 5.75 Å². The van der Waals surface area contributed by atoms with Crippen LogP contribution in [0.15, 0.2) is 48.7 Å². The molecule has 1 N–H and O–H groups in total. The molecule has 104 valence electrons. The Kier molecular flexibility index (Phi) is 3.70. The first-order chi connectivity index (χ1) is 9.75. The molecule has 0 aliphatic carbocycles. The van der Waals surface area contributed by atoms with Gasteiger partial charge in [0.2, 0.25) is 0 Å². The maximum Gasteiger partial charge on any atom is 0.123 e. The molecule has 1 aliphatic rings. The summed E-state index contributed by atoms with van der Waals surface area (Å²) in [7, 11) is 0. The lowest BCUT2D eigenvalue weighted by Gasteiger charge is -2.24. The Hall–Kier alpha value is -1.87. The van der Waals surface area contributed by atoms with E-state index in [1.54, 1.807) is 0 Å². The third kappa shape index (κ3) is 2.54. The predicted molar refractivity (Wildman–Crippen MR) is 79.8 cm³/mol. The van der Waals surface area contributed by atoms with E-state index in [0.29, 0.717) is 5.92 Å². The van der Waals surface area contributed by atoms with Crippen molar-refractivity contribution in [2.24, 2.45) is 0 Å². The van der Waals surface area contributed by atoms with Crippen molar-refractivity contribution in [1.82, 2.24) is 10.3 Å². The number of nitrogens with zero attached hydrogens (tertiary/aromatic N) is 1. The van der Waals surface area contributed by atoms with Gasteiger partial charge in [0, 0.05) is 30.3 Å². The summed E-state index contributed by atoms with van der Waals surface area (Å²) in [5.41, 5.74) is 2.37. The zero-order valence-corrected chi connectivity index (χ0v) is 11.9. The van der Waals surface area contributed by atoms with Crippen molar-refractivity contribution in [2.75, 3.05) is 0 Å². The third-order valence-corrected chi connectivity index (χ3v) is 3.99. The van der Waals surface area contributed by atoms with Crippen LogP contribution in [0.3, 0.4) is 0 Å². The van der Waals surface area contributed by atoms with Gasteiger partial charge in [0.1, 0.15) is 11.9 Å². The molecule has 3 atom stereocenters. The Labute approximate surface area is 120 Å². The van der Waals surface area contributed by atoms with E-state index in [4.69, 9.17) is 4.74 Å². The van der Waals surface area contributed by atoms with Crippen LogP contribution in [0.1, 0.15) is 31.0 Å². The topological polar surface area (TPSA) is 34.2 Å². The Morgan fingerprint density at radius 1 is 1.20 bits per heavy atom. The first-order valence-corrected chi connectivity index (χ1v) is 7.14. The molecule has 1 aromatic heterocycles. The maximum atomic E-state index is 6.09. The number of hydrogen-bond acceptors (Lipinski definition) is 3. The lowest BCUT2D eigenvalue weighted by Crippen LogP contribution is -2.41. The van der Waals surface area contributed by atoms with Gasteiger partial charge in [0.25, 0.3) is 0 Å². The van der Waals surface area contributed by atoms with E-state index in [1.165, 1.54) is 5.56 Å². The van der Waals surface area contributed by atoms with Crippen LogP contribution in [-0.2, 0) is 6.54 Å². The summed E-state index contributed by atoms with van der Waals surface area (Å²) in [5.74, 6) is 1.44. The molecule has 0 saturated heterocycles. The zero-order chi connectivity index (χ0) is 13.9. The van der Waals surface area contributed by atoms with Crippen LogP contribution in [0.25, 0.3) is 0 Å². The molecular weight excluding hydrogens is 248 g/mol. The quantitative estimate of drug-likeness (QED) is 0.925. The average molecular weight is 268 g/mol. The van der Waals surface area contributed by atoms with Crippen LogP contribution >= 0.6 is 0 Å². The molecule has 0 bridgehead atoms. The molecule has 3 unspecified atom stereocenters. The number of nitrogens with one attached hydrogen (secondary N) is 1. The zero-order valence-electron chi connectivity index (χ0n) is 11.9. The summed E-state index contributed by atoms with van der Waals surface area (Å²) in [6, 6.07) is 14.6. The van der Waals surface area contributed by atoms with Crippen LogP contribution in [-0.4, -0.2) is 17.1 Å². The predicted octanol–water partition coefficient (Wildman–Crippen LogP) is 3.12. The van der Waals surface area contributed by atoms with Crippen LogP contribution in [0.2, 0.25) is 0 Å². The number of para-hydroxylation sites is 1. The van der Waals surface area contributed by atoms with E-state index in [-0.39, 0.29) is 12.1 Å². The maximum absolute atomic E-state index is 6.09. The van der Waals surface area contributed by atoms with Gasteiger partial charge in [-0.15, -0.1) is 0 Å². The van der Waals surface area contributed by atoms with E-state index in [1.807, 2.05) is 30.5 Å². The second-order valence-corrected chi connectivity index (χ2v) is 5.40. The molecule has 3 nitrogen and oxygen atoms in total. The minimum absolute atomic E-state index is 0.177. The van der Waals surface area contributed by atoms with E-state index < -0.39 is 0 Å². The first-order valence-electron chi connectivity index (χ1n) is 7.14. The number of fused-ring (bicyclic) bond motifs is 1. The minimum atomic E-state index is 0.177. The van der Waals surface area contributed by atoms with Gasteiger partial charge in [-0.3, -0.25) is 4.98 Å². The average Bonchev–Trinajstić information content (AvgIpc) is 2.84. The van der Waals surface area contributed by atoms with Crippen molar-refractivity contribution >= 4 is 0 Å². The van der Waals surface area contributed by atoms with Gasteiger partial charge in [-0.2, -0.15) is 0 Å². The highest BCUT2D eigenvalue weighted by atomic mass is 16.5. The van der Waals surface area contributed by atoms with Crippen LogP contribution in [0, 0.1) is 0 Å². The molecule has 0 amide bonds. The van der Waals surface area contributed by atoms with Crippen LogP contribution in [0.4, 0.5) is 0 Å². The molecule has 0 saturated carbocycles. The molecule has 1 aliphatic heterocycles. The molecule has 20 heavy (non-hydrogen) atoms.